The summed E-state index contributed by atoms with van der Waals surface area (Å²) in [7, 11) is 0. The van der Waals surface area contributed by atoms with E-state index in [1.165, 1.54) is 25.5 Å². The molecule has 0 unspecified atom stereocenters. The molecule has 7 nitrogen and oxygen atoms in total. The Morgan fingerprint density at radius 3 is 2.69 bits per heavy atom. The summed E-state index contributed by atoms with van der Waals surface area (Å²) in [6.07, 6.45) is 1.87. The smallest absolute Gasteiger partial charge is 0.313 e. The lowest BCUT2D eigenvalue weighted by Crippen LogP contribution is -2.35. The van der Waals surface area contributed by atoms with Gasteiger partial charge in [-0.2, -0.15) is 13.2 Å². The number of hydrogen-bond acceptors (Lipinski definition) is 4. The Morgan fingerprint density at radius 2 is 1.96 bits per heavy atom. The highest BCUT2D eigenvalue weighted by Crippen LogP contribution is 2.25. The number of fused-ring (bicyclic) bond motifs is 3. The third-order valence-corrected chi connectivity index (χ3v) is 4.73. The monoisotopic (exact) mass is 367 g/mol. The number of pyridine rings is 1. The van der Waals surface area contributed by atoms with Crippen molar-refractivity contribution in [3.05, 3.63) is 34.6 Å². The predicted octanol–water partition coefficient (Wildman–Crippen LogP) is 1.36. The molecule has 0 aliphatic carbocycles. The van der Waals surface area contributed by atoms with E-state index < -0.39 is 12.0 Å². The molecule has 4 rings (SSSR count). The van der Waals surface area contributed by atoms with Gasteiger partial charge in [0, 0.05) is 19.3 Å². The summed E-state index contributed by atoms with van der Waals surface area (Å²) in [5, 5.41) is 2.42. The van der Waals surface area contributed by atoms with Gasteiger partial charge >= 0.3 is 17.8 Å². The number of nitrogens with one attached hydrogen (secondary N) is 1. The van der Waals surface area contributed by atoms with Gasteiger partial charge in [0.25, 0.3) is 5.56 Å². The van der Waals surface area contributed by atoms with E-state index in [0.717, 1.165) is 24.1 Å². The Labute approximate surface area is 146 Å². The second-order valence-corrected chi connectivity index (χ2v) is 6.48. The topological polar surface area (TPSA) is 70.9 Å². The van der Waals surface area contributed by atoms with Gasteiger partial charge in [-0.3, -0.25) is 4.79 Å². The van der Waals surface area contributed by atoms with Gasteiger partial charge in [-0.25, -0.2) is 5.10 Å². The van der Waals surface area contributed by atoms with Gasteiger partial charge in [0.2, 0.25) is 0 Å². The third kappa shape index (κ3) is 3.05. The minimum Gasteiger partial charge on any atom is -0.313 e. The molecular weight excluding hydrogens is 349 g/mol. The van der Waals surface area contributed by atoms with Crippen molar-refractivity contribution in [3.8, 4) is 0 Å². The molecule has 10 heteroatoms. The molecule has 0 radical (unpaired) electrons. The zero-order valence-electron chi connectivity index (χ0n) is 14.0. The highest BCUT2D eigenvalue weighted by Gasteiger charge is 2.40. The Balaban J connectivity index is 1.68. The number of hydrogen-bond donors (Lipinski definition) is 1. The maximum atomic E-state index is 12.8. The lowest BCUT2D eigenvalue weighted by Gasteiger charge is -2.26. The van der Waals surface area contributed by atoms with Crippen LogP contribution in [0.4, 0.5) is 13.2 Å². The summed E-state index contributed by atoms with van der Waals surface area (Å²) in [5.74, 6) is -1.28. The summed E-state index contributed by atoms with van der Waals surface area (Å²) in [4.78, 5) is 22.3. The van der Waals surface area contributed by atoms with Gasteiger partial charge in [-0.1, -0.05) is 11.4 Å². The molecule has 4 heterocycles. The quantitative estimate of drug-likeness (QED) is 0.710. The maximum Gasteiger partial charge on any atom is 0.469 e. The third-order valence-electron chi connectivity index (χ3n) is 4.73. The highest BCUT2D eigenvalue weighted by molar-refractivity contribution is 5.73. The molecule has 0 spiro atoms. The molecule has 138 valence electrons. The fourth-order valence-electron chi connectivity index (χ4n) is 3.34. The fourth-order valence-corrected chi connectivity index (χ4v) is 3.34. The van der Waals surface area contributed by atoms with Crippen LogP contribution in [0.25, 0.3) is 16.7 Å². The van der Waals surface area contributed by atoms with Crippen molar-refractivity contribution >= 4 is 16.7 Å². The maximum absolute atomic E-state index is 12.8. The van der Waals surface area contributed by atoms with E-state index >= 15 is 0 Å². The minimum atomic E-state index is -4.61. The second kappa shape index (κ2) is 6.35. The summed E-state index contributed by atoms with van der Waals surface area (Å²) in [6.45, 7) is 3.38. The zero-order chi connectivity index (χ0) is 18.3. The van der Waals surface area contributed by atoms with Gasteiger partial charge in [0.1, 0.15) is 17.1 Å². The number of halogens is 3. The molecule has 0 bridgehead atoms. The van der Waals surface area contributed by atoms with Crippen LogP contribution in [0.2, 0.25) is 0 Å². The first-order valence-corrected chi connectivity index (χ1v) is 8.53. The standard InChI is InChI=1S/C16H17F3N6O/c17-16(18,19)14-21-15-20-10-11-12(25(15)22-14)4-7-24(13(11)26)9-8-23-5-2-1-3-6-23/h4,7,10H,1-3,5-6,8-9H2/p+1. The first-order valence-electron chi connectivity index (χ1n) is 8.53. The van der Waals surface area contributed by atoms with Crippen LogP contribution in [-0.4, -0.2) is 44.2 Å². The number of H-pyrrole nitrogens is 1. The normalized spacial score (nSPS) is 16.6. The molecule has 0 aromatic carbocycles. The Hall–Kier alpha value is -2.49. The van der Waals surface area contributed by atoms with E-state index in [0.29, 0.717) is 12.1 Å². The molecule has 0 amide bonds. The van der Waals surface area contributed by atoms with E-state index in [9.17, 15) is 18.0 Å². The van der Waals surface area contributed by atoms with E-state index in [2.05, 4.69) is 20.0 Å². The second-order valence-electron chi connectivity index (χ2n) is 6.48. The molecule has 3 aromatic rings. The van der Waals surface area contributed by atoms with Crippen LogP contribution in [0, 0.1) is 0 Å². The van der Waals surface area contributed by atoms with Crippen molar-refractivity contribution in [3.63, 3.8) is 0 Å². The van der Waals surface area contributed by atoms with Crippen molar-refractivity contribution in [2.24, 2.45) is 0 Å². The van der Waals surface area contributed by atoms with Gasteiger partial charge in [0.15, 0.2) is 0 Å². The van der Waals surface area contributed by atoms with E-state index in [1.807, 2.05) is 0 Å². The summed E-state index contributed by atoms with van der Waals surface area (Å²) in [5.41, 5.74) is 0.0433. The summed E-state index contributed by atoms with van der Waals surface area (Å²) in [6, 6.07) is 1.61. The molecule has 1 aliphatic heterocycles. The average molecular weight is 367 g/mol. The van der Waals surface area contributed by atoms with E-state index in [4.69, 9.17) is 0 Å². The molecule has 0 saturated carbocycles. The molecular formula is C16H18F3N6O+. The largest absolute Gasteiger partial charge is 0.469 e. The molecule has 3 aromatic heterocycles. The van der Waals surface area contributed by atoms with E-state index in [1.54, 1.807) is 16.8 Å². The number of nitrogens with zero attached hydrogens (tertiary/aromatic N) is 5. The molecule has 1 fully saturated rings. The first-order chi connectivity index (χ1) is 12.4. The molecule has 1 aliphatic rings. The van der Waals surface area contributed by atoms with Gasteiger partial charge in [0.05, 0.1) is 0 Å². The molecule has 1 N–H and O–H groups in total. The minimum absolute atomic E-state index is 0.129. The lowest BCUT2D eigenvalue weighted by atomic mass is 10.1. The molecule has 1 saturated heterocycles. The van der Waals surface area contributed by atoms with Crippen LogP contribution in [0.1, 0.15) is 25.1 Å². The average Bonchev–Trinajstić information content (AvgIpc) is 3.07. The summed E-state index contributed by atoms with van der Waals surface area (Å²) >= 11 is 0. The van der Waals surface area contributed by atoms with Crippen molar-refractivity contribution in [2.45, 2.75) is 32.0 Å². The van der Waals surface area contributed by atoms with E-state index in [-0.39, 0.29) is 16.7 Å². The van der Waals surface area contributed by atoms with Gasteiger partial charge < -0.3 is 9.47 Å². The van der Waals surface area contributed by atoms with Crippen molar-refractivity contribution < 1.29 is 17.7 Å². The van der Waals surface area contributed by atoms with Gasteiger partial charge in [-0.05, 0) is 37.0 Å². The number of likely N-dealkylation sites (tertiary alicyclic amines) is 1. The zero-order valence-corrected chi connectivity index (χ0v) is 14.0. The molecule has 26 heavy (non-hydrogen) atoms. The van der Waals surface area contributed by atoms with Crippen molar-refractivity contribution in [2.75, 3.05) is 19.6 Å². The number of rotatable bonds is 3. The highest BCUT2D eigenvalue weighted by atomic mass is 19.4. The number of alkyl halides is 3. The van der Waals surface area contributed by atoms with Gasteiger partial charge in [-0.15, -0.1) is 4.52 Å². The molecule has 0 atom stereocenters. The van der Waals surface area contributed by atoms with Crippen molar-refractivity contribution in [1.82, 2.24) is 24.5 Å². The number of aromatic nitrogens is 5. The Morgan fingerprint density at radius 1 is 1.19 bits per heavy atom. The van der Waals surface area contributed by atoms with Crippen LogP contribution in [0.3, 0.4) is 0 Å². The Kier molecular flexibility index (Phi) is 4.14. The van der Waals surface area contributed by atoms with Crippen LogP contribution in [-0.2, 0) is 12.7 Å². The van der Waals surface area contributed by atoms with Crippen LogP contribution in [0.15, 0.2) is 23.3 Å². The summed E-state index contributed by atoms with van der Waals surface area (Å²) < 4.78 is 41.2. The van der Waals surface area contributed by atoms with Crippen LogP contribution < -0.4 is 10.1 Å². The lowest BCUT2D eigenvalue weighted by molar-refractivity contribution is -0.553. The number of piperidine rings is 1. The van der Waals surface area contributed by atoms with Crippen LogP contribution in [0.5, 0.6) is 0 Å². The Bertz CT molecular complexity index is 1000. The first kappa shape index (κ1) is 17.0. The fraction of sp³-hybridized carbons (Fsp3) is 0.500. The van der Waals surface area contributed by atoms with Crippen LogP contribution >= 0.6 is 0 Å². The van der Waals surface area contributed by atoms with Crippen molar-refractivity contribution in [1.29, 1.82) is 0 Å². The number of aromatic amines is 1. The SMILES string of the molecule is O=c1c2cnc3nc(C(F)(F)F)[nH][n+]3c2ccn1CCN1CCCCC1. The predicted molar refractivity (Wildman–Crippen MR) is 86.6 cm³/mol.